The fourth-order valence-corrected chi connectivity index (χ4v) is 2.95. The van der Waals surface area contributed by atoms with Gasteiger partial charge in [-0.25, -0.2) is 0 Å². The molecule has 0 heterocycles. The lowest BCUT2D eigenvalue weighted by Gasteiger charge is -2.15. The van der Waals surface area contributed by atoms with Gasteiger partial charge in [0.2, 0.25) is 6.54 Å². The van der Waals surface area contributed by atoms with Crippen molar-refractivity contribution in [2.45, 2.75) is 25.7 Å². The fourth-order valence-electron chi connectivity index (χ4n) is 2.95. The zero-order valence-corrected chi connectivity index (χ0v) is 10.2. The summed E-state index contributed by atoms with van der Waals surface area (Å²) in [6.45, 7) is 0.812. The first kappa shape index (κ1) is 12.3. The molecule has 0 aromatic carbocycles. The minimum atomic E-state index is -0.231. The third-order valence-electron chi connectivity index (χ3n) is 3.73. The number of allylic oxidation sites excluding steroid dienone is 3. The predicted molar refractivity (Wildman–Crippen MR) is 65.4 cm³/mol. The van der Waals surface area contributed by atoms with Crippen molar-refractivity contribution in [1.82, 2.24) is 0 Å². The Morgan fingerprint density at radius 3 is 2.71 bits per heavy atom. The number of nitrogens with zero attached hydrogens (tertiary/aromatic N) is 1. The lowest BCUT2D eigenvalue weighted by Crippen LogP contribution is -2.06. The predicted octanol–water partition coefficient (Wildman–Crippen LogP) is 2.58. The SMILES string of the molecule is COCC1=C(CCCC[N+](=O)[O-])C2C=CC1C2. The van der Waals surface area contributed by atoms with Crippen molar-refractivity contribution in [1.29, 1.82) is 0 Å². The van der Waals surface area contributed by atoms with E-state index in [1.54, 1.807) is 7.11 Å². The van der Waals surface area contributed by atoms with Crippen LogP contribution >= 0.6 is 0 Å². The van der Waals surface area contributed by atoms with Crippen LogP contribution in [-0.2, 0) is 4.74 Å². The Hall–Kier alpha value is -1.16. The average molecular weight is 237 g/mol. The van der Waals surface area contributed by atoms with E-state index in [0.29, 0.717) is 18.3 Å². The van der Waals surface area contributed by atoms with Crippen LogP contribution < -0.4 is 0 Å². The lowest BCUT2D eigenvalue weighted by molar-refractivity contribution is -0.480. The third-order valence-corrected chi connectivity index (χ3v) is 3.73. The van der Waals surface area contributed by atoms with Gasteiger partial charge in [0, 0.05) is 24.4 Å². The van der Waals surface area contributed by atoms with E-state index in [4.69, 9.17) is 4.74 Å². The first-order valence-electron chi connectivity index (χ1n) is 6.23. The summed E-state index contributed by atoms with van der Waals surface area (Å²) in [5.74, 6) is 1.16. The topological polar surface area (TPSA) is 52.4 Å². The molecule has 0 N–H and O–H groups in total. The summed E-state index contributed by atoms with van der Waals surface area (Å²) in [6, 6.07) is 0. The van der Waals surface area contributed by atoms with Gasteiger partial charge in [0.15, 0.2) is 0 Å². The molecule has 0 fully saturated rings. The Balaban J connectivity index is 1.87. The van der Waals surface area contributed by atoms with Crippen molar-refractivity contribution in [3.8, 4) is 0 Å². The maximum atomic E-state index is 10.3. The molecule has 2 aliphatic carbocycles. The molecular weight excluding hydrogens is 218 g/mol. The van der Waals surface area contributed by atoms with Crippen LogP contribution in [0.1, 0.15) is 25.7 Å². The van der Waals surface area contributed by atoms with Crippen LogP contribution in [0, 0.1) is 22.0 Å². The minimum Gasteiger partial charge on any atom is -0.380 e. The molecule has 4 nitrogen and oxygen atoms in total. The molecular formula is C13H19NO3. The molecule has 0 radical (unpaired) electrons. The lowest BCUT2D eigenvalue weighted by atomic mass is 9.93. The first-order chi connectivity index (χ1) is 8.22. The molecule has 17 heavy (non-hydrogen) atoms. The number of hydrogen-bond donors (Lipinski definition) is 0. The summed E-state index contributed by atoms with van der Waals surface area (Å²) in [4.78, 5) is 10.0. The Kier molecular flexibility index (Phi) is 3.94. The molecule has 0 aromatic rings. The summed E-state index contributed by atoms with van der Waals surface area (Å²) in [5.41, 5.74) is 2.92. The van der Waals surface area contributed by atoms with Crippen molar-refractivity contribution in [3.63, 3.8) is 0 Å². The normalized spacial score (nSPS) is 25.9. The zero-order valence-electron chi connectivity index (χ0n) is 10.2. The third kappa shape index (κ3) is 2.75. The van der Waals surface area contributed by atoms with Crippen LogP contribution in [0.4, 0.5) is 0 Å². The summed E-state index contributed by atoms with van der Waals surface area (Å²) in [7, 11) is 1.73. The van der Waals surface area contributed by atoms with Crippen molar-refractivity contribution in [3.05, 3.63) is 33.4 Å². The van der Waals surface area contributed by atoms with E-state index in [2.05, 4.69) is 12.2 Å². The van der Waals surface area contributed by atoms with E-state index in [1.165, 1.54) is 17.6 Å². The van der Waals surface area contributed by atoms with Crippen LogP contribution in [0.5, 0.6) is 0 Å². The maximum Gasteiger partial charge on any atom is 0.203 e. The van der Waals surface area contributed by atoms with E-state index >= 15 is 0 Å². The van der Waals surface area contributed by atoms with Gasteiger partial charge in [0.1, 0.15) is 0 Å². The number of nitro groups is 1. The second-order valence-electron chi connectivity index (χ2n) is 4.83. The van der Waals surface area contributed by atoms with Gasteiger partial charge in [-0.2, -0.15) is 0 Å². The van der Waals surface area contributed by atoms with Crippen LogP contribution in [0.3, 0.4) is 0 Å². The van der Waals surface area contributed by atoms with Crippen LogP contribution in [0.25, 0.3) is 0 Å². The molecule has 0 spiro atoms. The van der Waals surface area contributed by atoms with E-state index in [9.17, 15) is 10.1 Å². The summed E-state index contributed by atoms with van der Waals surface area (Å²) >= 11 is 0. The Morgan fingerprint density at radius 1 is 1.35 bits per heavy atom. The quantitative estimate of drug-likeness (QED) is 0.296. The van der Waals surface area contributed by atoms with Gasteiger partial charge in [-0.1, -0.05) is 17.7 Å². The maximum absolute atomic E-state index is 10.3. The highest BCUT2D eigenvalue weighted by atomic mass is 16.6. The van der Waals surface area contributed by atoms with E-state index in [0.717, 1.165) is 19.4 Å². The highest BCUT2D eigenvalue weighted by Crippen LogP contribution is 2.45. The Bertz CT molecular complexity index is 360. The molecule has 2 unspecified atom stereocenters. The number of hydrogen-bond acceptors (Lipinski definition) is 3. The molecule has 2 atom stereocenters. The average Bonchev–Trinajstić information content (AvgIpc) is 2.86. The second-order valence-corrected chi connectivity index (χ2v) is 4.83. The van der Waals surface area contributed by atoms with E-state index < -0.39 is 0 Å². The number of unbranched alkanes of at least 4 members (excludes halogenated alkanes) is 1. The van der Waals surface area contributed by atoms with Crippen molar-refractivity contribution in [2.24, 2.45) is 11.8 Å². The fraction of sp³-hybridized carbons (Fsp3) is 0.692. The Morgan fingerprint density at radius 2 is 2.06 bits per heavy atom. The number of methoxy groups -OCH3 is 1. The van der Waals surface area contributed by atoms with Gasteiger partial charge in [0.25, 0.3) is 0 Å². The second kappa shape index (κ2) is 5.45. The Labute approximate surface area is 101 Å². The molecule has 0 aliphatic heterocycles. The van der Waals surface area contributed by atoms with Crippen LogP contribution in [0.2, 0.25) is 0 Å². The highest BCUT2D eigenvalue weighted by molar-refractivity contribution is 5.37. The molecule has 2 bridgehead atoms. The van der Waals surface area contributed by atoms with Crippen LogP contribution in [0.15, 0.2) is 23.3 Å². The first-order valence-corrected chi connectivity index (χ1v) is 6.23. The molecule has 94 valence electrons. The van der Waals surface area contributed by atoms with E-state index in [1.807, 2.05) is 0 Å². The van der Waals surface area contributed by atoms with Crippen molar-refractivity contribution >= 4 is 0 Å². The molecule has 2 rings (SSSR count). The minimum absolute atomic E-state index is 0.0941. The number of fused-ring (bicyclic) bond motifs is 2. The van der Waals surface area contributed by atoms with Gasteiger partial charge in [-0.15, -0.1) is 0 Å². The molecule has 4 heteroatoms. The highest BCUT2D eigenvalue weighted by Gasteiger charge is 2.34. The summed E-state index contributed by atoms with van der Waals surface area (Å²) < 4.78 is 5.25. The molecule has 0 aromatic heterocycles. The van der Waals surface area contributed by atoms with Crippen LogP contribution in [-0.4, -0.2) is 25.2 Å². The van der Waals surface area contributed by atoms with Gasteiger partial charge in [-0.3, -0.25) is 10.1 Å². The molecule has 2 aliphatic rings. The summed E-state index contributed by atoms with van der Waals surface area (Å²) in [6.07, 6.45) is 8.35. The van der Waals surface area contributed by atoms with E-state index in [-0.39, 0.29) is 11.5 Å². The number of ether oxygens (including phenoxy) is 1. The number of rotatable bonds is 7. The van der Waals surface area contributed by atoms with Gasteiger partial charge >= 0.3 is 0 Å². The molecule has 0 saturated carbocycles. The molecule has 0 amide bonds. The van der Waals surface area contributed by atoms with Crippen molar-refractivity contribution < 1.29 is 9.66 Å². The van der Waals surface area contributed by atoms with Gasteiger partial charge in [-0.05, 0) is 30.8 Å². The largest absolute Gasteiger partial charge is 0.380 e. The van der Waals surface area contributed by atoms with Gasteiger partial charge < -0.3 is 4.74 Å². The smallest absolute Gasteiger partial charge is 0.203 e. The molecule has 0 saturated heterocycles. The zero-order chi connectivity index (χ0) is 12.3. The van der Waals surface area contributed by atoms with Crippen molar-refractivity contribution in [2.75, 3.05) is 20.3 Å². The van der Waals surface area contributed by atoms with Gasteiger partial charge in [0.05, 0.1) is 6.61 Å². The monoisotopic (exact) mass is 237 g/mol. The standard InChI is InChI=1S/C13H19NO3/c1-17-9-13-11-6-5-10(8-11)12(13)4-2-3-7-14(15)16/h5-6,10-11H,2-4,7-9H2,1H3. The summed E-state index contributed by atoms with van der Waals surface area (Å²) in [5, 5.41) is 10.3.